The number of hydrogen-bond donors (Lipinski definition) is 0. The Kier molecular flexibility index (Phi) is 9.81. The van der Waals surface area contributed by atoms with Crippen LogP contribution in [0.3, 0.4) is 0 Å². The Labute approximate surface area is 442 Å². The van der Waals surface area contributed by atoms with Gasteiger partial charge in [0.05, 0.1) is 45.6 Å². The molecule has 77 heavy (non-hydrogen) atoms. The lowest BCUT2D eigenvalue weighted by atomic mass is 9.33. The zero-order valence-corrected chi connectivity index (χ0v) is 41.1. The van der Waals surface area contributed by atoms with Crippen LogP contribution in [0.5, 0.6) is 0 Å². The molecule has 0 aliphatic carbocycles. The third kappa shape index (κ3) is 6.75. The summed E-state index contributed by atoms with van der Waals surface area (Å²) in [6.07, 6.45) is -4.64. The van der Waals surface area contributed by atoms with Gasteiger partial charge in [-0.15, -0.1) is 0 Å². The number of nitrogens with zero attached hydrogens (tertiary/aromatic N) is 5. The molecule has 0 N–H and O–H groups in total. The molecule has 15 rings (SSSR count). The predicted octanol–water partition coefficient (Wildman–Crippen LogP) is 16.9. The van der Waals surface area contributed by atoms with Gasteiger partial charge in [0.2, 0.25) is 0 Å². The highest BCUT2D eigenvalue weighted by Gasteiger charge is 2.43. The minimum atomic E-state index is -4.64. The van der Waals surface area contributed by atoms with Crippen molar-refractivity contribution in [3.05, 3.63) is 266 Å². The molecule has 0 unspecified atom stereocenters. The first kappa shape index (κ1) is 44.5. The first-order chi connectivity index (χ1) is 37.8. The van der Waals surface area contributed by atoms with Gasteiger partial charge >= 0.3 is 6.18 Å². The Morgan fingerprint density at radius 3 is 1.35 bits per heavy atom. The molecule has 0 fully saturated rings. The van der Waals surface area contributed by atoms with Crippen molar-refractivity contribution >= 4 is 107 Å². The fourth-order valence-corrected chi connectivity index (χ4v) is 12.5. The van der Waals surface area contributed by atoms with Crippen molar-refractivity contribution in [1.82, 2.24) is 9.13 Å². The Morgan fingerprint density at radius 1 is 0.364 bits per heavy atom. The van der Waals surface area contributed by atoms with Crippen molar-refractivity contribution in [2.45, 2.75) is 6.18 Å². The molecule has 0 saturated carbocycles. The maximum absolute atomic E-state index is 15.1. The maximum atomic E-state index is 15.1. The highest BCUT2D eigenvalue weighted by molar-refractivity contribution is 7.00. The van der Waals surface area contributed by atoms with E-state index in [4.69, 9.17) is 6.57 Å². The van der Waals surface area contributed by atoms with Crippen LogP contribution >= 0.6 is 0 Å². The minimum Gasteiger partial charge on any atom is -0.311 e. The second kappa shape index (κ2) is 17.0. The number of rotatable bonds is 6. The second-order valence-corrected chi connectivity index (χ2v) is 19.8. The summed E-state index contributed by atoms with van der Waals surface area (Å²) in [7, 11) is 0. The molecule has 0 saturated heterocycles. The normalized spacial score (nSPS) is 12.8. The average molecular weight is 996 g/mol. The first-order valence-corrected chi connectivity index (χ1v) is 25.6. The van der Waals surface area contributed by atoms with Crippen molar-refractivity contribution in [3.8, 4) is 33.6 Å². The van der Waals surface area contributed by atoms with Gasteiger partial charge < -0.3 is 18.9 Å². The summed E-state index contributed by atoms with van der Waals surface area (Å²) in [4.78, 5) is 8.63. The molecular weight excluding hydrogens is 955 g/mol. The predicted molar refractivity (Wildman–Crippen MR) is 311 cm³/mol. The minimum absolute atomic E-state index is 0.0364. The van der Waals surface area contributed by atoms with E-state index in [1.165, 1.54) is 28.5 Å². The second-order valence-electron chi connectivity index (χ2n) is 19.8. The van der Waals surface area contributed by atoms with Gasteiger partial charge in [-0.05, 0) is 142 Å². The van der Waals surface area contributed by atoms with E-state index < -0.39 is 11.7 Å². The summed E-state index contributed by atoms with van der Waals surface area (Å²) in [5.41, 5.74) is 17.3. The number of halogens is 3. The molecule has 13 aromatic rings. The van der Waals surface area contributed by atoms with Crippen LogP contribution in [0.1, 0.15) is 5.56 Å². The molecule has 5 nitrogen and oxygen atoms in total. The number of fused-ring (bicyclic) bond motifs is 10. The lowest BCUT2D eigenvalue weighted by Crippen LogP contribution is -2.61. The SMILES string of the molecule is [C-]#[N+]c1ccc(-n2c3ccccc3c3ccccc32)c(-c2cc(C(F)(F)F)ccc2-n2c3ccccc3c3cc(-c4cc5c6c(c4)N(c4ccccc4)c4ccccc4B6c4ccccc4N5c4ccccc4)ccc32)c1. The average Bonchev–Trinajstić information content (AvgIpc) is 4.00. The summed E-state index contributed by atoms with van der Waals surface area (Å²) < 4.78 is 49.5. The molecular formula is C68H41BF3N5. The van der Waals surface area contributed by atoms with Crippen LogP contribution in [-0.4, -0.2) is 15.8 Å². The van der Waals surface area contributed by atoms with Crippen LogP contribution < -0.4 is 26.2 Å². The van der Waals surface area contributed by atoms with Crippen molar-refractivity contribution in [3.63, 3.8) is 0 Å². The molecule has 4 heterocycles. The van der Waals surface area contributed by atoms with Gasteiger partial charge in [0.15, 0.2) is 5.69 Å². The number of anilines is 6. The first-order valence-electron chi connectivity index (χ1n) is 25.6. The number of aromatic nitrogens is 2. The largest absolute Gasteiger partial charge is 0.416 e. The van der Waals surface area contributed by atoms with E-state index in [2.05, 4.69) is 182 Å². The number of hydrogen-bond acceptors (Lipinski definition) is 2. The fraction of sp³-hybridized carbons (Fsp3) is 0.0147. The fourth-order valence-electron chi connectivity index (χ4n) is 12.5. The van der Waals surface area contributed by atoms with Crippen LogP contribution in [0.15, 0.2) is 249 Å². The molecule has 0 spiro atoms. The van der Waals surface area contributed by atoms with E-state index in [-0.39, 0.29) is 6.71 Å². The highest BCUT2D eigenvalue weighted by Crippen LogP contribution is 2.48. The van der Waals surface area contributed by atoms with Gasteiger partial charge in [0, 0.05) is 61.2 Å². The molecule has 2 aliphatic heterocycles. The van der Waals surface area contributed by atoms with Crippen LogP contribution in [0, 0.1) is 6.57 Å². The molecule has 2 aromatic heterocycles. The molecule has 11 aromatic carbocycles. The molecule has 0 amide bonds. The van der Waals surface area contributed by atoms with Crippen LogP contribution in [-0.2, 0) is 6.18 Å². The van der Waals surface area contributed by atoms with Gasteiger partial charge in [-0.1, -0.05) is 140 Å². The number of para-hydroxylation sites is 7. The van der Waals surface area contributed by atoms with Gasteiger partial charge in [-0.25, -0.2) is 4.85 Å². The smallest absolute Gasteiger partial charge is 0.311 e. The van der Waals surface area contributed by atoms with E-state index >= 15 is 13.2 Å². The van der Waals surface area contributed by atoms with Crippen LogP contribution in [0.4, 0.5) is 53.0 Å². The Morgan fingerprint density at radius 2 is 0.818 bits per heavy atom. The lowest BCUT2D eigenvalue weighted by molar-refractivity contribution is -0.137. The molecule has 9 heteroatoms. The van der Waals surface area contributed by atoms with Crippen LogP contribution in [0.25, 0.3) is 82.1 Å². The summed E-state index contributed by atoms with van der Waals surface area (Å²) in [5.74, 6) is 0. The third-order valence-electron chi connectivity index (χ3n) is 15.7. The van der Waals surface area contributed by atoms with Crippen molar-refractivity contribution in [2.24, 2.45) is 0 Å². The number of alkyl halides is 3. The zero-order chi connectivity index (χ0) is 51.5. The summed E-state index contributed by atoms with van der Waals surface area (Å²) >= 11 is 0. The van der Waals surface area contributed by atoms with Crippen molar-refractivity contribution < 1.29 is 13.2 Å². The van der Waals surface area contributed by atoms with Crippen molar-refractivity contribution in [1.29, 1.82) is 0 Å². The van der Waals surface area contributed by atoms with Gasteiger partial charge in [0.25, 0.3) is 6.71 Å². The Balaban J connectivity index is 0.983. The van der Waals surface area contributed by atoms with E-state index in [1.807, 2.05) is 60.7 Å². The van der Waals surface area contributed by atoms with Crippen molar-refractivity contribution in [2.75, 3.05) is 9.80 Å². The van der Waals surface area contributed by atoms with E-state index in [0.717, 1.165) is 88.9 Å². The molecule has 2 aliphatic rings. The Bertz CT molecular complexity index is 4440. The summed E-state index contributed by atoms with van der Waals surface area (Å²) in [5, 5.41) is 3.93. The zero-order valence-electron chi connectivity index (χ0n) is 41.1. The van der Waals surface area contributed by atoms with Gasteiger partial charge in [0.1, 0.15) is 0 Å². The van der Waals surface area contributed by atoms with Crippen LogP contribution in [0.2, 0.25) is 0 Å². The van der Waals surface area contributed by atoms with Gasteiger partial charge in [-0.2, -0.15) is 13.2 Å². The van der Waals surface area contributed by atoms with E-state index in [1.54, 1.807) is 18.2 Å². The van der Waals surface area contributed by atoms with E-state index in [0.29, 0.717) is 28.2 Å². The summed E-state index contributed by atoms with van der Waals surface area (Å²) in [6, 6.07) is 83.4. The standard InChI is InChI=1S/C68H41BF3N5/c1-73-46-34-37-62(76-57-27-13-8-22-49(57)50-23-9-14-28-58(50)76)54(42-46)53-41-45(68(70,71)72)33-36-61(53)77-59-29-15-10-24-51(59)52-38-43(32-35-60(52)77)44-39-65-67-66(40-44)75(48-20-6-3-7-21-48)64-31-17-12-26-56(64)69(67)55-25-11-16-30-63(55)74(65)47-18-4-2-5-19-47/h2-42H. The molecule has 0 bridgehead atoms. The van der Waals surface area contributed by atoms with E-state index in [9.17, 15) is 0 Å². The molecule has 0 atom stereocenters. The van der Waals surface area contributed by atoms with Gasteiger partial charge in [-0.3, -0.25) is 0 Å². The monoisotopic (exact) mass is 995 g/mol. The Hall–Kier alpha value is -10.0. The summed E-state index contributed by atoms with van der Waals surface area (Å²) in [6.45, 7) is 8.11. The third-order valence-corrected chi connectivity index (χ3v) is 15.7. The highest BCUT2D eigenvalue weighted by atomic mass is 19.4. The quantitative estimate of drug-likeness (QED) is 0.122. The maximum Gasteiger partial charge on any atom is 0.416 e. The number of benzene rings is 11. The lowest BCUT2D eigenvalue weighted by Gasteiger charge is -2.44. The molecule has 0 radical (unpaired) electrons. The molecule has 362 valence electrons. The topological polar surface area (TPSA) is 20.7 Å².